The molecule has 0 saturated carbocycles. The van der Waals surface area contributed by atoms with Crippen molar-refractivity contribution in [3.63, 3.8) is 0 Å². The first-order valence-electron chi connectivity index (χ1n) is 4.89. The first-order chi connectivity index (χ1) is 7.75. The fraction of sp³-hybridized carbons (Fsp3) is 0.182. The number of aryl methyl sites for hydroxylation is 1. The molecule has 1 heterocycles. The van der Waals surface area contributed by atoms with E-state index in [1.165, 1.54) is 0 Å². The van der Waals surface area contributed by atoms with Crippen molar-refractivity contribution in [2.75, 3.05) is 11.5 Å². The number of nitrogens with two attached hydrogens (primary N) is 1. The number of nitrogen functional groups attached to an aromatic ring is 1. The lowest BCUT2D eigenvalue weighted by atomic mass is 10.3. The number of hydrogen-bond acceptors (Lipinski definition) is 3. The highest BCUT2D eigenvalue weighted by Crippen LogP contribution is 2.27. The lowest BCUT2D eigenvalue weighted by molar-refractivity contribution is 0.770. The average Bonchev–Trinajstić information content (AvgIpc) is 2.76. The summed E-state index contributed by atoms with van der Waals surface area (Å²) in [6.45, 7) is 0.913. The van der Waals surface area contributed by atoms with Gasteiger partial charge in [0.05, 0.1) is 6.33 Å². The van der Waals surface area contributed by atoms with E-state index in [0.717, 1.165) is 27.9 Å². The second-order valence-corrected chi connectivity index (χ2v) is 4.90. The molecule has 1 aromatic carbocycles. The van der Waals surface area contributed by atoms with Gasteiger partial charge in [0, 0.05) is 40.3 Å². The molecule has 2 N–H and O–H groups in total. The summed E-state index contributed by atoms with van der Waals surface area (Å²) in [5, 5.41) is 0.722. The quantitative estimate of drug-likeness (QED) is 0.673. The fourth-order valence-corrected chi connectivity index (χ4v) is 2.52. The van der Waals surface area contributed by atoms with E-state index in [1.54, 1.807) is 24.0 Å². The zero-order valence-corrected chi connectivity index (χ0v) is 10.2. The highest BCUT2D eigenvalue weighted by molar-refractivity contribution is 7.99. The Hall–Kier alpha value is -1.13. The summed E-state index contributed by atoms with van der Waals surface area (Å²) in [4.78, 5) is 5.02. The van der Waals surface area contributed by atoms with Crippen LogP contribution in [0.1, 0.15) is 0 Å². The van der Waals surface area contributed by atoms with Crippen LogP contribution in [0.25, 0.3) is 0 Å². The number of aromatic nitrogens is 2. The highest BCUT2D eigenvalue weighted by Gasteiger charge is 2.01. The van der Waals surface area contributed by atoms with E-state index in [9.17, 15) is 0 Å². The molecular weight excluding hydrogens is 242 g/mol. The molecule has 0 bridgehead atoms. The van der Waals surface area contributed by atoms with Gasteiger partial charge >= 0.3 is 0 Å². The van der Waals surface area contributed by atoms with E-state index in [4.69, 9.17) is 17.3 Å². The van der Waals surface area contributed by atoms with Crippen molar-refractivity contribution in [1.82, 2.24) is 9.55 Å². The molecule has 0 saturated heterocycles. The molecule has 0 radical (unpaired) electrons. The zero-order chi connectivity index (χ0) is 11.4. The predicted molar refractivity (Wildman–Crippen MR) is 68.8 cm³/mol. The molecule has 0 atom stereocenters. The van der Waals surface area contributed by atoms with Crippen LogP contribution in [0.3, 0.4) is 0 Å². The molecule has 16 heavy (non-hydrogen) atoms. The van der Waals surface area contributed by atoms with Gasteiger partial charge in [-0.15, -0.1) is 11.8 Å². The summed E-state index contributed by atoms with van der Waals surface area (Å²) < 4.78 is 2.04. The molecule has 2 rings (SSSR count). The maximum Gasteiger partial charge on any atom is 0.0946 e. The van der Waals surface area contributed by atoms with Crippen LogP contribution in [-0.2, 0) is 6.54 Å². The van der Waals surface area contributed by atoms with Crippen LogP contribution in [0, 0.1) is 0 Å². The maximum atomic E-state index is 5.91. The average molecular weight is 254 g/mol. The number of imidazole rings is 1. The lowest BCUT2D eigenvalue weighted by Crippen LogP contribution is -1.97. The van der Waals surface area contributed by atoms with Gasteiger partial charge in [0.1, 0.15) is 0 Å². The molecule has 2 aromatic rings. The molecule has 0 fully saturated rings. The molecule has 3 nitrogen and oxygen atoms in total. The van der Waals surface area contributed by atoms with Crippen LogP contribution < -0.4 is 5.73 Å². The number of thioether (sulfide) groups is 1. The van der Waals surface area contributed by atoms with Crippen molar-refractivity contribution >= 4 is 29.1 Å². The van der Waals surface area contributed by atoms with Gasteiger partial charge in [0.15, 0.2) is 0 Å². The van der Waals surface area contributed by atoms with E-state index < -0.39 is 0 Å². The third-order valence-electron chi connectivity index (χ3n) is 2.14. The topological polar surface area (TPSA) is 43.8 Å². The van der Waals surface area contributed by atoms with Crippen LogP contribution in [0.5, 0.6) is 0 Å². The Labute approximate surface area is 104 Å². The van der Waals surface area contributed by atoms with Crippen LogP contribution >= 0.6 is 23.4 Å². The van der Waals surface area contributed by atoms with Gasteiger partial charge in [-0.1, -0.05) is 11.6 Å². The van der Waals surface area contributed by atoms with Crippen LogP contribution in [0.4, 0.5) is 5.69 Å². The van der Waals surface area contributed by atoms with Crippen molar-refractivity contribution in [1.29, 1.82) is 0 Å². The largest absolute Gasteiger partial charge is 0.398 e. The SMILES string of the molecule is Nc1ccc(Cl)cc1SCCn1ccnc1. The minimum absolute atomic E-state index is 0.722. The molecule has 0 spiro atoms. The van der Waals surface area contributed by atoms with Crippen molar-refractivity contribution in [3.8, 4) is 0 Å². The Morgan fingerprint density at radius 3 is 3.06 bits per heavy atom. The van der Waals surface area contributed by atoms with Gasteiger partial charge in [0.2, 0.25) is 0 Å². The molecule has 5 heteroatoms. The summed E-state index contributed by atoms with van der Waals surface area (Å²) in [5.74, 6) is 0.945. The van der Waals surface area contributed by atoms with Gasteiger partial charge in [-0.25, -0.2) is 4.98 Å². The fourth-order valence-electron chi connectivity index (χ4n) is 1.31. The van der Waals surface area contributed by atoms with Gasteiger partial charge in [0.25, 0.3) is 0 Å². The second-order valence-electron chi connectivity index (χ2n) is 3.33. The van der Waals surface area contributed by atoms with Crippen molar-refractivity contribution in [2.24, 2.45) is 0 Å². The van der Waals surface area contributed by atoms with Crippen LogP contribution in [0.15, 0.2) is 41.8 Å². The van der Waals surface area contributed by atoms with Crippen molar-refractivity contribution in [3.05, 3.63) is 41.9 Å². The minimum Gasteiger partial charge on any atom is -0.398 e. The van der Waals surface area contributed by atoms with Crippen molar-refractivity contribution < 1.29 is 0 Å². The molecular formula is C11H12ClN3S. The maximum absolute atomic E-state index is 5.91. The Balaban J connectivity index is 1.92. The van der Waals surface area contributed by atoms with Gasteiger partial charge < -0.3 is 10.3 Å². The third kappa shape index (κ3) is 2.93. The molecule has 1 aromatic heterocycles. The van der Waals surface area contributed by atoms with E-state index in [0.29, 0.717) is 0 Å². The normalized spacial score (nSPS) is 10.6. The van der Waals surface area contributed by atoms with E-state index in [1.807, 2.05) is 29.2 Å². The molecule has 84 valence electrons. The standard InChI is InChI=1S/C11H12ClN3S/c12-9-1-2-10(13)11(7-9)16-6-5-15-4-3-14-8-15/h1-4,7-8H,5-6,13H2. The van der Waals surface area contributed by atoms with Gasteiger partial charge in [-0.3, -0.25) is 0 Å². The summed E-state index contributed by atoms with van der Waals surface area (Å²) in [7, 11) is 0. The molecule has 0 aliphatic heterocycles. The van der Waals surface area contributed by atoms with E-state index >= 15 is 0 Å². The molecule has 0 amide bonds. The summed E-state index contributed by atoms with van der Waals surface area (Å²) in [5.41, 5.74) is 6.63. The summed E-state index contributed by atoms with van der Waals surface area (Å²) in [6.07, 6.45) is 5.53. The number of halogens is 1. The molecule has 0 aliphatic carbocycles. The molecule has 0 aliphatic rings. The Kier molecular flexibility index (Phi) is 3.74. The number of benzene rings is 1. The van der Waals surface area contributed by atoms with E-state index in [-0.39, 0.29) is 0 Å². The number of rotatable bonds is 4. The highest BCUT2D eigenvalue weighted by atomic mass is 35.5. The van der Waals surface area contributed by atoms with Crippen molar-refractivity contribution in [2.45, 2.75) is 11.4 Å². The molecule has 0 unspecified atom stereocenters. The Morgan fingerprint density at radius 2 is 2.31 bits per heavy atom. The zero-order valence-electron chi connectivity index (χ0n) is 8.64. The monoisotopic (exact) mass is 253 g/mol. The van der Waals surface area contributed by atoms with Gasteiger partial charge in [-0.05, 0) is 18.2 Å². The first-order valence-corrected chi connectivity index (χ1v) is 6.25. The number of nitrogens with zero attached hydrogens (tertiary/aromatic N) is 2. The smallest absolute Gasteiger partial charge is 0.0946 e. The first kappa shape index (κ1) is 11.4. The third-order valence-corrected chi connectivity index (χ3v) is 3.43. The van der Waals surface area contributed by atoms with Crippen LogP contribution in [0.2, 0.25) is 5.02 Å². The van der Waals surface area contributed by atoms with E-state index in [2.05, 4.69) is 4.98 Å². The lowest BCUT2D eigenvalue weighted by Gasteiger charge is -2.06. The predicted octanol–water partition coefficient (Wildman–Crippen LogP) is 2.91. The minimum atomic E-state index is 0.722. The second kappa shape index (κ2) is 5.27. The Bertz CT molecular complexity index is 456. The number of anilines is 1. The number of hydrogen-bond donors (Lipinski definition) is 1. The van der Waals surface area contributed by atoms with Gasteiger partial charge in [-0.2, -0.15) is 0 Å². The van der Waals surface area contributed by atoms with Crippen LogP contribution in [-0.4, -0.2) is 15.3 Å². The summed E-state index contributed by atoms with van der Waals surface area (Å²) in [6, 6.07) is 5.54. The summed E-state index contributed by atoms with van der Waals surface area (Å²) >= 11 is 7.61. The Morgan fingerprint density at radius 1 is 1.44 bits per heavy atom.